The first-order chi connectivity index (χ1) is 13.4. The lowest BCUT2D eigenvalue weighted by molar-refractivity contribution is 0.102. The van der Waals surface area contributed by atoms with Crippen LogP contribution in [0.1, 0.15) is 55.5 Å². The number of benzene rings is 1. The summed E-state index contributed by atoms with van der Waals surface area (Å²) in [6.45, 7) is 13.1. The molecule has 6 heteroatoms. The van der Waals surface area contributed by atoms with Crippen LogP contribution in [0.3, 0.4) is 0 Å². The van der Waals surface area contributed by atoms with E-state index in [1.54, 1.807) is 6.07 Å². The lowest BCUT2D eigenvalue weighted by Gasteiger charge is -2.22. The van der Waals surface area contributed by atoms with Crippen LogP contribution in [-0.4, -0.2) is 42.6 Å². The fraction of sp³-hybridized carbons (Fsp3) is 0.500. The molecule has 0 aliphatic carbocycles. The highest BCUT2D eigenvalue weighted by atomic mass is 16.1. The van der Waals surface area contributed by atoms with Gasteiger partial charge in [0.2, 0.25) is 0 Å². The number of rotatable bonds is 9. The van der Waals surface area contributed by atoms with Gasteiger partial charge in [-0.1, -0.05) is 13.3 Å². The largest absolute Gasteiger partial charge is 0.372 e. The number of unbranched alkanes of at least 4 members (excludes halogenated alkanes) is 1. The van der Waals surface area contributed by atoms with Crippen LogP contribution in [0.15, 0.2) is 24.3 Å². The summed E-state index contributed by atoms with van der Waals surface area (Å²) >= 11 is 0. The number of aromatic nitrogens is 2. The molecule has 1 amide bonds. The first kappa shape index (κ1) is 21.7. The van der Waals surface area contributed by atoms with Crippen molar-refractivity contribution in [2.45, 2.75) is 47.5 Å². The molecule has 1 heterocycles. The molecule has 1 aromatic carbocycles. The average molecular weight is 384 g/mol. The van der Waals surface area contributed by atoms with Gasteiger partial charge in [0.1, 0.15) is 17.3 Å². The molecule has 0 saturated heterocycles. The second kappa shape index (κ2) is 10.1. The topological polar surface area (TPSA) is 61.4 Å². The molecule has 28 heavy (non-hydrogen) atoms. The van der Waals surface area contributed by atoms with Gasteiger partial charge < -0.3 is 15.1 Å². The van der Waals surface area contributed by atoms with Crippen molar-refractivity contribution in [1.29, 1.82) is 0 Å². The number of carbonyl (C=O) groups is 1. The van der Waals surface area contributed by atoms with Gasteiger partial charge in [0.05, 0.1) is 0 Å². The lowest BCUT2D eigenvalue weighted by Crippen LogP contribution is -2.23. The van der Waals surface area contributed by atoms with Crippen molar-refractivity contribution in [1.82, 2.24) is 9.97 Å². The third kappa shape index (κ3) is 5.44. The summed E-state index contributed by atoms with van der Waals surface area (Å²) in [7, 11) is 2.00. The van der Waals surface area contributed by atoms with Gasteiger partial charge in [0, 0.05) is 44.1 Å². The molecule has 6 nitrogen and oxygen atoms in total. The molecular formula is C22H33N5O. The molecule has 152 valence electrons. The van der Waals surface area contributed by atoms with Crippen molar-refractivity contribution < 1.29 is 4.79 Å². The summed E-state index contributed by atoms with van der Waals surface area (Å²) < 4.78 is 0. The SMILES string of the molecule is CCCCN(C)c1cc(C(=O)Nc2ccc(N(CC)CC)cc2C)nc(C)n1. The van der Waals surface area contributed by atoms with Gasteiger partial charge in [0.15, 0.2) is 0 Å². The minimum atomic E-state index is -0.214. The zero-order valence-corrected chi connectivity index (χ0v) is 18.0. The number of nitrogens with zero attached hydrogens (tertiary/aromatic N) is 4. The summed E-state index contributed by atoms with van der Waals surface area (Å²) in [5, 5.41) is 3.00. The first-order valence-corrected chi connectivity index (χ1v) is 10.1. The Hall–Kier alpha value is -2.63. The summed E-state index contributed by atoms with van der Waals surface area (Å²) in [4.78, 5) is 26.0. The molecule has 1 N–H and O–H groups in total. The van der Waals surface area contributed by atoms with E-state index in [9.17, 15) is 4.79 Å². The number of hydrogen-bond donors (Lipinski definition) is 1. The van der Waals surface area contributed by atoms with Gasteiger partial charge in [-0.25, -0.2) is 9.97 Å². The normalized spacial score (nSPS) is 10.6. The molecule has 0 aliphatic rings. The average Bonchev–Trinajstić information content (AvgIpc) is 2.68. The lowest BCUT2D eigenvalue weighted by atomic mass is 10.1. The first-order valence-electron chi connectivity index (χ1n) is 10.1. The molecule has 2 rings (SSSR count). The molecule has 0 unspecified atom stereocenters. The minimum Gasteiger partial charge on any atom is -0.372 e. The molecular weight excluding hydrogens is 350 g/mol. The van der Waals surface area contributed by atoms with Crippen LogP contribution in [0.2, 0.25) is 0 Å². The highest BCUT2D eigenvalue weighted by Gasteiger charge is 2.14. The second-order valence-corrected chi connectivity index (χ2v) is 7.06. The summed E-state index contributed by atoms with van der Waals surface area (Å²) in [5.41, 5.74) is 3.39. The third-order valence-corrected chi connectivity index (χ3v) is 4.88. The predicted molar refractivity (Wildman–Crippen MR) is 118 cm³/mol. The zero-order chi connectivity index (χ0) is 20.7. The Balaban J connectivity index is 2.19. The van der Waals surface area contributed by atoms with E-state index in [0.29, 0.717) is 11.5 Å². The zero-order valence-electron chi connectivity index (χ0n) is 18.0. The van der Waals surface area contributed by atoms with Gasteiger partial charge in [-0.2, -0.15) is 0 Å². The maximum absolute atomic E-state index is 12.8. The fourth-order valence-electron chi connectivity index (χ4n) is 3.13. The Morgan fingerprint density at radius 3 is 2.39 bits per heavy atom. The van der Waals surface area contributed by atoms with Gasteiger partial charge in [0.25, 0.3) is 5.91 Å². The summed E-state index contributed by atoms with van der Waals surface area (Å²) in [6.07, 6.45) is 2.20. The Morgan fingerprint density at radius 1 is 1.07 bits per heavy atom. The second-order valence-electron chi connectivity index (χ2n) is 7.06. The van der Waals surface area contributed by atoms with E-state index >= 15 is 0 Å². The number of anilines is 3. The Bertz CT molecular complexity index is 802. The van der Waals surface area contributed by atoms with Crippen molar-refractivity contribution in [3.63, 3.8) is 0 Å². The van der Waals surface area contributed by atoms with Gasteiger partial charge in [-0.05, 0) is 57.9 Å². The maximum Gasteiger partial charge on any atom is 0.274 e. The van der Waals surface area contributed by atoms with E-state index in [-0.39, 0.29) is 5.91 Å². The number of carbonyl (C=O) groups excluding carboxylic acids is 1. The molecule has 0 saturated carbocycles. The van der Waals surface area contributed by atoms with Crippen molar-refractivity contribution in [2.24, 2.45) is 0 Å². The Labute approximate surface area is 169 Å². The number of amides is 1. The van der Waals surface area contributed by atoms with E-state index in [2.05, 4.69) is 51.9 Å². The Kier molecular flexibility index (Phi) is 7.79. The van der Waals surface area contributed by atoms with Crippen molar-refractivity contribution in [2.75, 3.05) is 41.8 Å². The number of aryl methyl sites for hydroxylation is 2. The number of nitrogens with one attached hydrogen (secondary N) is 1. The predicted octanol–water partition coefficient (Wildman–Crippen LogP) is 4.43. The van der Waals surface area contributed by atoms with E-state index in [1.165, 1.54) is 5.69 Å². The van der Waals surface area contributed by atoms with Gasteiger partial charge in [-0.3, -0.25) is 4.79 Å². The van der Waals surface area contributed by atoms with E-state index in [4.69, 9.17) is 0 Å². The van der Waals surface area contributed by atoms with Crippen molar-refractivity contribution in [3.05, 3.63) is 41.3 Å². The van der Waals surface area contributed by atoms with Crippen LogP contribution in [-0.2, 0) is 0 Å². The number of hydrogen-bond acceptors (Lipinski definition) is 5. The van der Waals surface area contributed by atoms with Gasteiger partial charge >= 0.3 is 0 Å². The highest BCUT2D eigenvalue weighted by molar-refractivity contribution is 6.03. The van der Waals surface area contributed by atoms with Crippen molar-refractivity contribution in [3.8, 4) is 0 Å². The maximum atomic E-state index is 12.8. The quantitative estimate of drug-likeness (QED) is 0.694. The molecule has 0 spiro atoms. The molecule has 0 atom stereocenters. The van der Waals surface area contributed by atoms with E-state index in [1.807, 2.05) is 33.0 Å². The molecule has 0 aliphatic heterocycles. The summed E-state index contributed by atoms with van der Waals surface area (Å²) in [6, 6.07) is 7.88. The van der Waals surface area contributed by atoms with Crippen LogP contribution in [0.25, 0.3) is 0 Å². The van der Waals surface area contributed by atoms with Gasteiger partial charge in [-0.15, -0.1) is 0 Å². The molecule has 2 aromatic rings. The molecule has 0 bridgehead atoms. The van der Waals surface area contributed by atoms with Crippen LogP contribution in [0, 0.1) is 13.8 Å². The molecule has 0 radical (unpaired) electrons. The van der Waals surface area contributed by atoms with E-state index < -0.39 is 0 Å². The van der Waals surface area contributed by atoms with E-state index in [0.717, 1.165) is 49.5 Å². The molecule has 1 aromatic heterocycles. The minimum absolute atomic E-state index is 0.214. The van der Waals surface area contributed by atoms with Crippen molar-refractivity contribution >= 4 is 23.1 Å². The van der Waals surface area contributed by atoms with Crippen LogP contribution < -0.4 is 15.1 Å². The van der Waals surface area contributed by atoms with Crippen LogP contribution in [0.5, 0.6) is 0 Å². The standard InChI is InChI=1S/C22H33N5O/c1-7-10-13-26(6)21-15-20(23-17(5)24-21)22(28)25-19-12-11-18(14-16(19)4)27(8-2)9-3/h11-12,14-15H,7-10,13H2,1-6H3,(H,25,28). The third-order valence-electron chi connectivity index (χ3n) is 4.88. The van der Waals surface area contributed by atoms with Crippen LogP contribution in [0.4, 0.5) is 17.2 Å². The smallest absolute Gasteiger partial charge is 0.274 e. The monoisotopic (exact) mass is 383 g/mol. The summed E-state index contributed by atoms with van der Waals surface area (Å²) in [5.74, 6) is 1.16. The fourth-order valence-corrected chi connectivity index (χ4v) is 3.13. The molecule has 0 fully saturated rings. The Morgan fingerprint density at radius 2 is 1.79 bits per heavy atom. The van der Waals surface area contributed by atoms with Crippen LogP contribution >= 0.6 is 0 Å². The highest BCUT2D eigenvalue weighted by Crippen LogP contribution is 2.23.